The number of nitrogens with one attached hydrogen (secondary N) is 2. The summed E-state index contributed by atoms with van der Waals surface area (Å²) in [6, 6.07) is 7.19. The number of hydrogen-bond donors (Lipinski definition) is 3. The summed E-state index contributed by atoms with van der Waals surface area (Å²) >= 11 is 1.17. The highest BCUT2D eigenvalue weighted by Crippen LogP contribution is 2.39. The van der Waals surface area contributed by atoms with Crippen molar-refractivity contribution in [2.45, 2.75) is 12.7 Å². The van der Waals surface area contributed by atoms with Gasteiger partial charge in [0.2, 0.25) is 0 Å². The lowest BCUT2D eigenvalue weighted by Gasteiger charge is -2.22. The number of alkyl halides is 2. The Hall–Kier alpha value is -4.61. The highest BCUT2D eigenvalue weighted by molar-refractivity contribution is 7.19. The summed E-state index contributed by atoms with van der Waals surface area (Å²) in [5.74, 6) is -1.37. The fourth-order valence-corrected chi connectivity index (χ4v) is 4.49. The third-order valence-corrected chi connectivity index (χ3v) is 6.19. The van der Waals surface area contributed by atoms with Gasteiger partial charge >= 0.3 is 12.6 Å². The number of nitrogens with two attached hydrogens (primary N) is 1. The molecule has 0 saturated heterocycles. The van der Waals surface area contributed by atoms with Gasteiger partial charge in [0.15, 0.2) is 5.82 Å². The van der Waals surface area contributed by atoms with Crippen LogP contribution < -0.4 is 21.2 Å². The lowest BCUT2D eigenvalue weighted by atomic mass is 10.0. The van der Waals surface area contributed by atoms with Crippen LogP contribution in [-0.2, 0) is 14.3 Å². The van der Waals surface area contributed by atoms with Crippen molar-refractivity contribution in [3.8, 4) is 11.8 Å². The number of methoxy groups -OCH3 is 1. The first-order valence-electron chi connectivity index (χ1n) is 10.6. The molecular formula is C23H19F2N7O4S. The van der Waals surface area contributed by atoms with E-state index in [0.29, 0.717) is 15.0 Å². The monoisotopic (exact) mass is 527 g/mol. The van der Waals surface area contributed by atoms with Gasteiger partial charge in [0.1, 0.15) is 23.2 Å². The molecule has 1 aliphatic heterocycles. The Morgan fingerprint density at radius 3 is 2.76 bits per heavy atom. The van der Waals surface area contributed by atoms with Crippen LogP contribution in [0.1, 0.15) is 22.3 Å². The summed E-state index contributed by atoms with van der Waals surface area (Å²) < 4.78 is 36.7. The molecule has 3 aromatic rings. The number of benzene rings is 1. The number of hydrazine groups is 1. The molecule has 0 aliphatic carbocycles. The topological polar surface area (TPSA) is 155 Å². The van der Waals surface area contributed by atoms with E-state index in [-0.39, 0.29) is 35.0 Å². The van der Waals surface area contributed by atoms with Gasteiger partial charge in [-0.05, 0) is 29.7 Å². The zero-order valence-electron chi connectivity index (χ0n) is 19.1. The third-order valence-electron chi connectivity index (χ3n) is 5.19. The van der Waals surface area contributed by atoms with Crippen molar-refractivity contribution >= 4 is 38.9 Å². The molecule has 1 aromatic carbocycles. The van der Waals surface area contributed by atoms with E-state index in [1.807, 2.05) is 6.07 Å². The highest BCUT2D eigenvalue weighted by Gasteiger charge is 2.32. The van der Waals surface area contributed by atoms with Gasteiger partial charge in [-0.2, -0.15) is 14.0 Å². The second-order valence-corrected chi connectivity index (χ2v) is 8.57. The van der Waals surface area contributed by atoms with Crippen LogP contribution in [0.4, 0.5) is 8.78 Å². The smallest absolute Gasteiger partial charge is 0.387 e. The van der Waals surface area contributed by atoms with E-state index in [0.717, 1.165) is 6.20 Å². The van der Waals surface area contributed by atoms with Crippen molar-refractivity contribution in [3.05, 3.63) is 71.0 Å². The van der Waals surface area contributed by atoms with Crippen molar-refractivity contribution in [2.75, 3.05) is 13.7 Å². The van der Waals surface area contributed by atoms with Crippen molar-refractivity contribution in [1.82, 2.24) is 25.7 Å². The first kappa shape index (κ1) is 25.5. The molecule has 1 unspecified atom stereocenters. The predicted octanol–water partition coefficient (Wildman–Crippen LogP) is 2.16. The number of aromatic nitrogens is 2. The second kappa shape index (κ2) is 11.0. The molecule has 0 bridgehead atoms. The highest BCUT2D eigenvalue weighted by atomic mass is 32.1. The van der Waals surface area contributed by atoms with Crippen LogP contribution in [-0.4, -0.2) is 47.1 Å². The second-order valence-electron chi connectivity index (χ2n) is 7.49. The summed E-state index contributed by atoms with van der Waals surface area (Å²) in [4.78, 5) is 33.4. The van der Waals surface area contributed by atoms with E-state index in [2.05, 4.69) is 20.7 Å². The van der Waals surface area contributed by atoms with Crippen LogP contribution in [0.5, 0.6) is 5.75 Å². The number of fused-ring (bicyclic) bond motifs is 1. The summed E-state index contributed by atoms with van der Waals surface area (Å²) in [5, 5.41) is 13.8. The number of esters is 1. The molecule has 190 valence electrons. The lowest BCUT2D eigenvalue weighted by Crippen LogP contribution is -2.37. The van der Waals surface area contributed by atoms with E-state index in [1.165, 1.54) is 48.1 Å². The van der Waals surface area contributed by atoms with Crippen LogP contribution in [0, 0.1) is 11.3 Å². The van der Waals surface area contributed by atoms with E-state index in [9.17, 15) is 23.6 Å². The molecule has 0 fully saturated rings. The third kappa shape index (κ3) is 5.63. The number of carbonyl (C=O) groups is 2. The van der Waals surface area contributed by atoms with Gasteiger partial charge < -0.3 is 25.5 Å². The quantitative estimate of drug-likeness (QED) is 0.293. The number of rotatable bonds is 8. The maximum atomic E-state index is 13.3. The van der Waals surface area contributed by atoms with Crippen molar-refractivity contribution in [3.63, 3.8) is 0 Å². The number of hydrogen-bond acceptors (Lipinski definition) is 11. The number of halogens is 2. The van der Waals surface area contributed by atoms with Gasteiger partial charge in [-0.1, -0.05) is 0 Å². The molecule has 4 N–H and O–H groups in total. The van der Waals surface area contributed by atoms with Gasteiger partial charge in [0.25, 0.3) is 5.91 Å². The molecule has 0 spiro atoms. The summed E-state index contributed by atoms with van der Waals surface area (Å²) in [6.45, 7) is -3.39. The minimum absolute atomic E-state index is 0.0388. The number of amides is 1. The number of ether oxygens (including phenoxy) is 2. The molecule has 1 amide bonds. The van der Waals surface area contributed by atoms with E-state index in [4.69, 9.17) is 15.2 Å². The van der Waals surface area contributed by atoms with Crippen LogP contribution >= 0.6 is 11.3 Å². The van der Waals surface area contributed by atoms with Crippen molar-refractivity contribution < 1.29 is 27.8 Å². The zero-order valence-corrected chi connectivity index (χ0v) is 20.0. The Morgan fingerprint density at radius 2 is 2.11 bits per heavy atom. The van der Waals surface area contributed by atoms with Gasteiger partial charge in [-0.25, -0.2) is 15.4 Å². The number of nitriles is 1. The summed E-state index contributed by atoms with van der Waals surface area (Å²) in [5.41, 5.74) is 9.02. The number of carbonyl (C=O) groups excluding carboxylic acids is 2. The lowest BCUT2D eigenvalue weighted by molar-refractivity contribution is -0.141. The Labute approximate surface area is 212 Å². The average molecular weight is 528 g/mol. The molecule has 3 heterocycles. The summed E-state index contributed by atoms with van der Waals surface area (Å²) in [6.07, 6.45) is 5.35. The normalized spacial score (nSPS) is 15.4. The van der Waals surface area contributed by atoms with Gasteiger partial charge in [0, 0.05) is 35.1 Å². The van der Waals surface area contributed by atoms with Gasteiger partial charge in [0.05, 0.1) is 24.4 Å². The first-order valence-corrected chi connectivity index (χ1v) is 11.4. The fourth-order valence-electron chi connectivity index (χ4n) is 3.60. The molecule has 14 heteroatoms. The zero-order chi connectivity index (χ0) is 26.5. The Kier molecular flexibility index (Phi) is 7.56. The molecule has 0 saturated carbocycles. The summed E-state index contributed by atoms with van der Waals surface area (Å²) in [7, 11) is 1.21. The molecule has 1 aliphatic rings. The molecular weight excluding hydrogens is 508 g/mol. The average Bonchev–Trinajstić information content (AvgIpc) is 3.47. The van der Waals surface area contributed by atoms with Crippen molar-refractivity contribution in [1.29, 1.82) is 5.26 Å². The molecule has 4 rings (SSSR count). The minimum Gasteiger partial charge on any atom is -0.468 e. The Bertz CT molecular complexity index is 1440. The van der Waals surface area contributed by atoms with Gasteiger partial charge in [-0.3, -0.25) is 9.59 Å². The molecule has 37 heavy (non-hydrogen) atoms. The fraction of sp³-hybridized carbons (Fsp3) is 0.174. The minimum atomic E-state index is -3.14. The van der Waals surface area contributed by atoms with E-state index < -0.39 is 24.5 Å². The molecule has 0 radical (unpaired) electrons. The maximum Gasteiger partial charge on any atom is 0.387 e. The number of nitrogens with zero attached hydrogens (tertiary/aromatic N) is 4. The van der Waals surface area contributed by atoms with Crippen molar-refractivity contribution in [2.24, 2.45) is 5.73 Å². The molecule has 1 atom stereocenters. The molecule has 2 aromatic heterocycles. The molecule has 11 nitrogen and oxygen atoms in total. The van der Waals surface area contributed by atoms with Crippen LogP contribution in [0.15, 0.2) is 54.8 Å². The van der Waals surface area contributed by atoms with E-state index >= 15 is 0 Å². The van der Waals surface area contributed by atoms with Gasteiger partial charge in [-0.15, -0.1) is 11.3 Å². The number of thiophene rings is 1. The maximum absolute atomic E-state index is 13.3. The van der Waals surface area contributed by atoms with E-state index in [1.54, 1.807) is 18.2 Å². The Balaban J connectivity index is 1.74. The standard InChI is InChI=1S/C23H19F2N7O4S/c1-35-19(33)11-32-10-16(30-22(34)15(9-27)21-28-3-2-4-29-21)20(31-32)14-7-18-12(5-13(8-26)37-18)6-17(14)36-23(24)25/h2-7,9-10,20,23,31H,11,27H2,1H3,(H,30,34). The predicted molar refractivity (Wildman–Crippen MR) is 128 cm³/mol. The van der Waals surface area contributed by atoms with Crippen LogP contribution in [0.2, 0.25) is 0 Å². The first-order chi connectivity index (χ1) is 17.8. The van der Waals surface area contributed by atoms with Crippen LogP contribution in [0.25, 0.3) is 15.7 Å². The van der Waals surface area contributed by atoms with Crippen LogP contribution in [0.3, 0.4) is 0 Å². The largest absolute Gasteiger partial charge is 0.468 e. The Morgan fingerprint density at radius 1 is 1.35 bits per heavy atom. The SMILES string of the molecule is COC(=O)CN1C=C(NC(=O)C(=CN)c2ncccn2)C(c2cc3sc(C#N)cc3cc2OC(F)F)N1.